The lowest BCUT2D eigenvalue weighted by atomic mass is 10.2. The predicted molar refractivity (Wildman–Crippen MR) is 77.6 cm³/mol. The van der Waals surface area contributed by atoms with Crippen molar-refractivity contribution in [1.29, 1.82) is 5.26 Å². The van der Waals surface area contributed by atoms with Gasteiger partial charge in [0.05, 0.1) is 17.3 Å². The summed E-state index contributed by atoms with van der Waals surface area (Å²) in [6, 6.07) is 9.19. The van der Waals surface area contributed by atoms with Crippen molar-refractivity contribution < 1.29 is 9.47 Å². The highest BCUT2D eigenvalue weighted by atomic mass is 32.1. The molecular formula is C15H16N2O2S. The minimum Gasteiger partial charge on any atom is -0.487 e. The van der Waals surface area contributed by atoms with E-state index in [0.29, 0.717) is 24.5 Å². The van der Waals surface area contributed by atoms with Crippen LogP contribution in [0.2, 0.25) is 0 Å². The van der Waals surface area contributed by atoms with Crippen LogP contribution in [0.25, 0.3) is 0 Å². The number of ether oxygens (including phenoxy) is 2. The Balaban J connectivity index is 1.95. The Morgan fingerprint density at radius 3 is 3.05 bits per heavy atom. The van der Waals surface area contributed by atoms with Gasteiger partial charge in [0.2, 0.25) is 0 Å². The lowest BCUT2D eigenvalue weighted by Gasteiger charge is -2.07. The standard InChI is InChI=1S/C15H16N2O2S/c1-3-18-11(2)15-17-13(10-20-15)9-19-14-6-4-5-12(7-14)8-16/h4-7,10-11H,3,9H2,1-2H3. The number of benzene rings is 1. The summed E-state index contributed by atoms with van der Waals surface area (Å²) in [5.74, 6) is 0.677. The predicted octanol–water partition coefficient (Wildman–Crippen LogP) is 3.69. The molecule has 104 valence electrons. The normalized spacial score (nSPS) is 11.8. The number of nitrogens with zero attached hydrogens (tertiary/aromatic N) is 2. The van der Waals surface area contributed by atoms with Crippen LogP contribution in [-0.2, 0) is 11.3 Å². The van der Waals surface area contributed by atoms with Crippen LogP contribution >= 0.6 is 11.3 Å². The number of hydrogen-bond acceptors (Lipinski definition) is 5. The molecule has 2 aromatic rings. The van der Waals surface area contributed by atoms with E-state index >= 15 is 0 Å². The summed E-state index contributed by atoms with van der Waals surface area (Å²) in [5.41, 5.74) is 1.46. The van der Waals surface area contributed by atoms with E-state index in [2.05, 4.69) is 11.1 Å². The van der Waals surface area contributed by atoms with Gasteiger partial charge in [0.15, 0.2) is 0 Å². The van der Waals surface area contributed by atoms with Gasteiger partial charge in [-0.1, -0.05) is 6.07 Å². The SMILES string of the molecule is CCOC(C)c1nc(COc2cccc(C#N)c2)cs1. The minimum absolute atomic E-state index is 0.0145. The second kappa shape index (κ2) is 7.04. The molecule has 0 saturated heterocycles. The molecule has 0 aliphatic heterocycles. The van der Waals surface area contributed by atoms with E-state index in [4.69, 9.17) is 14.7 Å². The maximum Gasteiger partial charge on any atom is 0.131 e. The smallest absolute Gasteiger partial charge is 0.131 e. The minimum atomic E-state index is 0.0145. The average Bonchev–Trinajstić information content (AvgIpc) is 2.94. The van der Waals surface area contributed by atoms with Crippen LogP contribution in [0.1, 0.15) is 36.2 Å². The van der Waals surface area contributed by atoms with Crippen molar-refractivity contribution in [3.05, 3.63) is 45.9 Å². The van der Waals surface area contributed by atoms with Crippen LogP contribution in [0.5, 0.6) is 5.75 Å². The lowest BCUT2D eigenvalue weighted by Crippen LogP contribution is -2.00. The van der Waals surface area contributed by atoms with Gasteiger partial charge in [-0.2, -0.15) is 5.26 Å². The maximum absolute atomic E-state index is 8.83. The van der Waals surface area contributed by atoms with Crippen molar-refractivity contribution in [3.8, 4) is 11.8 Å². The summed E-state index contributed by atoms with van der Waals surface area (Å²) in [5, 5.41) is 11.8. The van der Waals surface area contributed by atoms with Crippen LogP contribution in [-0.4, -0.2) is 11.6 Å². The van der Waals surface area contributed by atoms with Gasteiger partial charge in [-0.3, -0.25) is 0 Å². The Hall–Kier alpha value is -1.90. The van der Waals surface area contributed by atoms with Crippen LogP contribution in [0.15, 0.2) is 29.6 Å². The highest BCUT2D eigenvalue weighted by molar-refractivity contribution is 7.09. The Morgan fingerprint density at radius 1 is 1.45 bits per heavy atom. The fourth-order valence-corrected chi connectivity index (χ4v) is 2.52. The summed E-state index contributed by atoms with van der Waals surface area (Å²) in [4.78, 5) is 4.49. The van der Waals surface area contributed by atoms with Gasteiger partial charge in [0, 0.05) is 12.0 Å². The van der Waals surface area contributed by atoms with Gasteiger partial charge in [-0.25, -0.2) is 4.98 Å². The number of aromatic nitrogens is 1. The summed E-state index contributed by atoms with van der Waals surface area (Å²) >= 11 is 1.57. The maximum atomic E-state index is 8.83. The van der Waals surface area contributed by atoms with Gasteiger partial charge < -0.3 is 9.47 Å². The van der Waals surface area contributed by atoms with Gasteiger partial charge in [-0.05, 0) is 32.0 Å². The molecule has 0 spiro atoms. The van der Waals surface area contributed by atoms with Gasteiger partial charge in [0.1, 0.15) is 23.5 Å². The summed E-state index contributed by atoms with van der Waals surface area (Å²) in [6.07, 6.45) is 0.0145. The Morgan fingerprint density at radius 2 is 2.30 bits per heavy atom. The molecule has 1 unspecified atom stereocenters. The summed E-state index contributed by atoms with van der Waals surface area (Å²) in [7, 11) is 0. The number of hydrogen-bond donors (Lipinski definition) is 0. The zero-order valence-corrected chi connectivity index (χ0v) is 12.3. The molecular weight excluding hydrogens is 272 g/mol. The molecule has 2 rings (SSSR count). The Kier molecular flexibility index (Phi) is 5.10. The molecule has 5 heteroatoms. The van der Waals surface area contributed by atoms with Crippen molar-refractivity contribution in [2.24, 2.45) is 0 Å². The quantitative estimate of drug-likeness (QED) is 0.813. The fourth-order valence-electron chi connectivity index (χ4n) is 1.71. The first kappa shape index (κ1) is 14.5. The van der Waals surface area contributed by atoms with E-state index in [1.54, 1.807) is 29.5 Å². The van der Waals surface area contributed by atoms with E-state index in [1.807, 2.05) is 25.3 Å². The second-order valence-corrected chi connectivity index (χ2v) is 5.09. The van der Waals surface area contributed by atoms with Crippen LogP contribution in [0.4, 0.5) is 0 Å². The van der Waals surface area contributed by atoms with Crippen molar-refractivity contribution in [2.75, 3.05) is 6.61 Å². The molecule has 1 aromatic heterocycles. The molecule has 1 heterocycles. The number of rotatable bonds is 6. The van der Waals surface area contributed by atoms with Gasteiger partial charge in [0.25, 0.3) is 0 Å². The monoisotopic (exact) mass is 288 g/mol. The van der Waals surface area contributed by atoms with Crippen LogP contribution in [0.3, 0.4) is 0 Å². The van der Waals surface area contributed by atoms with E-state index in [0.717, 1.165) is 10.7 Å². The van der Waals surface area contributed by atoms with E-state index < -0.39 is 0 Å². The zero-order chi connectivity index (χ0) is 14.4. The largest absolute Gasteiger partial charge is 0.487 e. The van der Waals surface area contributed by atoms with Crippen molar-refractivity contribution in [3.63, 3.8) is 0 Å². The summed E-state index contributed by atoms with van der Waals surface area (Å²) < 4.78 is 11.1. The number of nitriles is 1. The molecule has 20 heavy (non-hydrogen) atoms. The Labute approximate surface area is 122 Å². The number of thiazole rings is 1. The Bertz CT molecular complexity index is 604. The third-order valence-electron chi connectivity index (χ3n) is 2.68. The molecule has 0 aliphatic carbocycles. The van der Waals surface area contributed by atoms with Crippen LogP contribution in [0, 0.1) is 11.3 Å². The molecule has 0 N–H and O–H groups in total. The first-order valence-electron chi connectivity index (χ1n) is 6.41. The molecule has 0 amide bonds. The first-order valence-corrected chi connectivity index (χ1v) is 7.29. The highest BCUT2D eigenvalue weighted by Crippen LogP contribution is 2.22. The molecule has 0 saturated carbocycles. The zero-order valence-electron chi connectivity index (χ0n) is 11.5. The highest BCUT2D eigenvalue weighted by Gasteiger charge is 2.10. The van der Waals surface area contributed by atoms with Crippen LogP contribution < -0.4 is 4.74 Å². The van der Waals surface area contributed by atoms with Crippen molar-refractivity contribution in [2.45, 2.75) is 26.6 Å². The van der Waals surface area contributed by atoms with Crippen molar-refractivity contribution in [1.82, 2.24) is 4.98 Å². The molecule has 0 fully saturated rings. The first-order chi connectivity index (χ1) is 9.72. The average molecular weight is 288 g/mol. The molecule has 1 aromatic carbocycles. The van der Waals surface area contributed by atoms with E-state index in [-0.39, 0.29) is 6.10 Å². The summed E-state index contributed by atoms with van der Waals surface area (Å²) in [6.45, 7) is 5.03. The van der Waals surface area contributed by atoms with E-state index in [1.165, 1.54) is 0 Å². The van der Waals surface area contributed by atoms with E-state index in [9.17, 15) is 0 Å². The van der Waals surface area contributed by atoms with Gasteiger partial charge in [-0.15, -0.1) is 11.3 Å². The second-order valence-electron chi connectivity index (χ2n) is 4.20. The third-order valence-corrected chi connectivity index (χ3v) is 3.74. The fraction of sp³-hybridized carbons (Fsp3) is 0.333. The molecule has 0 bridgehead atoms. The van der Waals surface area contributed by atoms with Crippen molar-refractivity contribution >= 4 is 11.3 Å². The molecule has 4 nitrogen and oxygen atoms in total. The lowest BCUT2D eigenvalue weighted by molar-refractivity contribution is 0.0760. The van der Waals surface area contributed by atoms with Gasteiger partial charge >= 0.3 is 0 Å². The molecule has 1 atom stereocenters. The topological polar surface area (TPSA) is 55.1 Å². The third kappa shape index (κ3) is 3.80. The molecule has 0 aliphatic rings. The molecule has 0 radical (unpaired) electrons.